The van der Waals surface area contributed by atoms with Crippen LogP contribution >= 0.6 is 23.4 Å². The first-order valence-electron chi connectivity index (χ1n) is 8.87. The van der Waals surface area contributed by atoms with Crippen LogP contribution in [0.2, 0.25) is 5.02 Å². The van der Waals surface area contributed by atoms with Crippen molar-refractivity contribution in [2.75, 3.05) is 4.90 Å². The monoisotopic (exact) mass is 424 g/mol. The summed E-state index contributed by atoms with van der Waals surface area (Å²) in [6.07, 6.45) is 1.74. The van der Waals surface area contributed by atoms with Gasteiger partial charge < -0.3 is 9.67 Å². The maximum Gasteiger partial charge on any atom is 0.298 e. The molecule has 1 aromatic heterocycles. The van der Waals surface area contributed by atoms with Gasteiger partial charge in [0.05, 0.1) is 10.6 Å². The third-order valence-corrected chi connectivity index (χ3v) is 5.83. The van der Waals surface area contributed by atoms with Gasteiger partial charge in [-0.25, -0.2) is 4.90 Å². The van der Waals surface area contributed by atoms with E-state index < -0.39 is 0 Å². The van der Waals surface area contributed by atoms with Crippen molar-refractivity contribution in [3.63, 3.8) is 0 Å². The van der Waals surface area contributed by atoms with Crippen LogP contribution in [0.5, 0.6) is 5.75 Å². The van der Waals surface area contributed by atoms with Gasteiger partial charge in [-0.3, -0.25) is 9.59 Å². The number of phenols is 1. The second-order valence-corrected chi connectivity index (χ2v) is 8.10. The Kier molecular flexibility index (Phi) is 4.98. The number of hydrogen-bond donors (Lipinski definition) is 1. The van der Waals surface area contributed by atoms with Crippen LogP contribution in [-0.4, -0.2) is 20.8 Å². The number of anilines is 1. The third kappa shape index (κ3) is 3.57. The van der Waals surface area contributed by atoms with Crippen LogP contribution in [-0.2, 0) is 4.79 Å². The highest BCUT2D eigenvalue weighted by molar-refractivity contribution is 8.19. The molecule has 2 amide bonds. The highest BCUT2D eigenvalue weighted by Gasteiger charge is 2.36. The number of aromatic nitrogens is 1. The second-order valence-electron chi connectivity index (χ2n) is 6.68. The average Bonchev–Trinajstić information content (AvgIpc) is 3.11. The molecule has 1 aliphatic heterocycles. The van der Waals surface area contributed by atoms with E-state index in [1.165, 1.54) is 0 Å². The predicted molar refractivity (Wildman–Crippen MR) is 117 cm³/mol. The lowest BCUT2D eigenvalue weighted by atomic mass is 10.2. The van der Waals surface area contributed by atoms with Gasteiger partial charge >= 0.3 is 0 Å². The molecular weight excluding hydrogens is 408 g/mol. The summed E-state index contributed by atoms with van der Waals surface area (Å²) in [5.74, 6) is -0.164. The first-order valence-corrected chi connectivity index (χ1v) is 10.1. The summed E-state index contributed by atoms with van der Waals surface area (Å²) < 4.78 is 2.03. The van der Waals surface area contributed by atoms with Crippen LogP contribution < -0.4 is 4.90 Å². The number of phenolic OH excluding ortho intramolecular Hbond substituents is 1. The molecule has 0 atom stereocenters. The molecule has 4 rings (SSSR count). The number of carbonyl (C=O) groups is 2. The Morgan fingerprint density at radius 3 is 2.41 bits per heavy atom. The standard InChI is InChI=1S/C22H17ClN2O3S/c1-13-10-15(14(2)24(13)17-6-8-19(26)9-7-17)11-20-21(27)25(22(28)29-20)18-5-3-4-16(23)12-18/h3-12,26H,1-2H3/b20-11+. The van der Waals surface area contributed by atoms with Crippen LogP contribution in [0.15, 0.2) is 59.5 Å². The molecule has 1 fully saturated rings. The smallest absolute Gasteiger partial charge is 0.298 e. The van der Waals surface area contributed by atoms with Crippen molar-refractivity contribution >= 4 is 46.3 Å². The Bertz CT molecular complexity index is 1170. The Hall–Kier alpha value is -2.96. The first-order chi connectivity index (χ1) is 13.8. The molecule has 1 N–H and O–H groups in total. The largest absolute Gasteiger partial charge is 0.508 e. The van der Waals surface area contributed by atoms with E-state index >= 15 is 0 Å². The van der Waals surface area contributed by atoms with Crippen molar-refractivity contribution < 1.29 is 14.7 Å². The van der Waals surface area contributed by atoms with Gasteiger partial charge in [0, 0.05) is 22.1 Å². The van der Waals surface area contributed by atoms with Gasteiger partial charge in [-0.15, -0.1) is 0 Å². The number of thioether (sulfide) groups is 1. The molecule has 0 bridgehead atoms. The van der Waals surface area contributed by atoms with Crippen LogP contribution in [0, 0.1) is 13.8 Å². The quantitative estimate of drug-likeness (QED) is 0.548. The molecule has 0 saturated carbocycles. The second kappa shape index (κ2) is 7.46. The molecule has 0 unspecified atom stereocenters. The molecule has 29 heavy (non-hydrogen) atoms. The fraction of sp³-hybridized carbons (Fsp3) is 0.0909. The zero-order chi connectivity index (χ0) is 20.7. The Balaban J connectivity index is 1.70. The Morgan fingerprint density at radius 1 is 1.00 bits per heavy atom. The highest BCUT2D eigenvalue weighted by Crippen LogP contribution is 2.37. The van der Waals surface area contributed by atoms with E-state index in [4.69, 9.17) is 11.6 Å². The molecule has 2 aromatic carbocycles. The summed E-state index contributed by atoms with van der Waals surface area (Å²) in [5, 5.41) is 9.63. The number of benzene rings is 2. The zero-order valence-electron chi connectivity index (χ0n) is 15.7. The topological polar surface area (TPSA) is 62.5 Å². The molecule has 0 aliphatic carbocycles. The van der Waals surface area contributed by atoms with Gasteiger partial charge in [-0.05, 0) is 85.8 Å². The number of aromatic hydroxyl groups is 1. The molecule has 0 radical (unpaired) electrons. The van der Waals surface area contributed by atoms with Gasteiger partial charge in [0.15, 0.2) is 0 Å². The summed E-state index contributed by atoms with van der Waals surface area (Å²) in [6, 6.07) is 15.6. The van der Waals surface area contributed by atoms with E-state index in [0.29, 0.717) is 15.6 Å². The number of carbonyl (C=O) groups excluding carboxylic acids is 2. The molecule has 7 heteroatoms. The van der Waals surface area contributed by atoms with E-state index in [-0.39, 0.29) is 16.9 Å². The summed E-state index contributed by atoms with van der Waals surface area (Å²) >= 11 is 6.92. The maximum absolute atomic E-state index is 12.9. The third-order valence-electron chi connectivity index (χ3n) is 4.72. The van der Waals surface area contributed by atoms with E-state index in [9.17, 15) is 14.7 Å². The van der Waals surface area contributed by atoms with Crippen molar-refractivity contribution in [3.05, 3.63) is 81.5 Å². The molecule has 146 valence electrons. The Morgan fingerprint density at radius 2 is 1.72 bits per heavy atom. The van der Waals surface area contributed by atoms with Gasteiger partial charge in [0.25, 0.3) is 11.1 Å². The molecular formula is C22H17ClN2O3S. The molecule has 1 saturated heterocycles. The lowest BCUT2D eigenvalue weighted by molar-refractivity contribution is -0.113. The first kappa shape index (κ1) is 19.4. The lowest BCUT2D eigenvalue weighted by Gasteiger charge is -2.12. The van der Waals surface area contributed by atoms with Crippen LogP contribution in [0.1, 0.15) is 17.0 Å². The number of amides is 2. The van der Waals surface area contributed by atoms with Crippen molar-refractivity contribution in [3.8, 4) is 11.4 Å². The van der Waals surface area contributed by atoms with E-state index in [0.717, 1.165) is 39.3 Å². The van der Waals surface area contributed by atoms with Crippen molar-refractivity contribution in [1.29, 1.82) is 0 Å². The minimum atomic E-state index is -0.364. The highest BCUT2D eigenvalue weighted by atomic mass is 35.5. The number of nitrogens with zero attached hydrogens (tertiary/aromatic N) is 2. The average molecular weight is 425 g/mol. The van der Waals surface area contributed by atoms with Crippen LogP contribution in [0.25, 0.3) is 11.8 Å². The molecule has 0 spiro atoms. The van der Waals surface area contributed by atoms with Gasteiger partial charge in [-0.1, -0.05) is 17.7 Å². The number of halogens is 1. The van der Waals surface area contributed by atoms with Crippen molar-refractivity contribution in [2.24, 2.45) is 0 Å². The van der Waals surface area contributed by atoms with Gasteiger partial charge in [0.2, 0.25) is 0 Å². The fourth-order valence-electron chi connectivity index (χ4n) is 3.38. The number of imide groups is 1. The number of rotatable bonds is 3. The Labute approximate surface area is 177 Å². The number of hydrogen-bond acceptors (Lipinski definition) is 4. The minimum absolute atomic E-state index is 0.200. The normalized spacial score (nSPS) is 15.6. The summed E-state index contributed by atoms with van der Waals surface area (Å²) in [5.41, 5.74) is 4.13. The molecule has 1 aliphatic rings. The van der Waals surface area contributed by atoms with E-state index in [1.54, 1.807) is 42.5 Å². The summed E-state index contributed by atoms with van der Waals surface area (Å²) in [4.78, 5) is 26.8. The SMILES string of the molecule is Cc1cc(/C=C2/SC(=O)N(c3cccc(Cl)c3)C2=O)c(C)n1-c1ccc(O)cc1. The number of aryl methyl sites for hydroxylation is 1. The van der Waals surface area contributed by atoms with E-state index in [1.807, 2.05) is 36.6 Å². The zero-order valence-corrected chi connectivity index (χ0v) is 17.3. The predicted octanol–water partition coefficient (Wildman–Crippen LogP) is 5.69. The summed E-state index contributed by atoms with van der Waals surface area (Å²) in [7, 11) is 0. The minimum Gasteiger partial charge on any atom is -0.508 e. The van der Waals surface area contributed by atoms with Gasteiger partial charge in [0.1, 0.15) is 5.75 Å². The molecule has 3 aromatic rings. The summed E-state index contributed by atoms with van der Waals surface area (Å²) in [6.45, 7) is 3.92. The van der Waals surface area contributed by atoms with Crippen molar-refractivity contribution in [2.45, 2.75) is 13.8 Å². The lowest BCUT2D eigenvalue weighted by Crippen LogP contribution is -2.27. The van der Waals surface area contributed by atoms with Gasteiger partial charge in [-0.2, -0.15) is 0 Å². The van der Waals surface area contributed by atoms with E-state index in [2.05, 4.69) is 0 Å². The van der Waals surface area contributed by atoms with Crippen LogP contribution in [0.3, 0.4) is 0 Å². The molecule has 2 heterocycles. The maximum atomic E-state index is 12.9. The molecule has 5 nitrogen and oxygen atoms in total. The fourth-order valence-corrected chi connectivity index (χ4v) is 4.40. The van der Waals surface area contributed by atoms with Crippen LogP contribution in [0.4, 0.5) is 10.5 Å². The van der Waals surface area contributed by atoms with Crippen molar-refractivity contribution in [1.82, 2.24) is 4.57 Å².